The van der Waals surface area contributed by atoms with Gasteiger partial charge >= 0.3 is 0 Å². The molecule has 2 aromatic rings. The Bertz CT molecular complexity index is 489. The van der Waals surface area contributed by atoms with Gasteiger partial charge in [0, 0.05) is 48.5 Å². The molecule has 3 rings (SSSR count). The molecule has 2 heterocycles. The highest BCUT2D eigenvalue weighted by atomic mass is 15.2. The number of hydrogen-bond donors (Lipinski definition) is 2. The lowest BCUT2D eigenvalue weighted by Crippen LogP contribution is -2.49. The van der Waals surface area contributed by atoms with Crippen LogP contribution < -0.4 is 10.2 Å². The van der Waals surface area contributed by atoms with Gasteiger partial charge in [0.2, 0.25) is 0 Å². The Morgan fingerprint density at radius 2 is 2.25 bits per heavy atom. The third-order valence-electron chi connectivity index (χ3n) is 3.28. The van der Waals surface area contributed by atoms with Gasteiger partial charge in [0.1, 0.15) is 0 Å². The van der Waals surface area contributed by atoms with Crippen molar-refractivity contribution in [2.75, 3.05) is 24.5 Å². The number of rotatable bonds is 1. The Morgan fingerprint density at radius 1 is 1.31 bits per heavy atom. The van der Waals surface area contributed by atoms with E-state index in [1.807, 2.05) is 6.20 Å². The first-order valence-electron chi connectivity index (χ1n) is 5.89. The van der Waals surface area contributed by atoms with Gasteiger partial charge in [-0.25, -0.2) is 0 Å². The van der Waals surface area contributed by atoms with Crippen LogP contribution in [-0.2, 0) is 0 Å². The minimum Gasteiger partial charge on any atom is -0.368 e. The van der Waals surface area contributed by atoms with Crippen LogP contribution in [0.3, 0.4) is 0 Å². The maximum absolute atomic E-state index is 3.47. The molecule has 3 nitrogen and oxygen atoms in total. The number of aromatic amines is 1. The second kappa shape index (κ2) is 3.83. The summed E-state index contributed by atoms with van der Waals surface area (Å²) in [6, 6.07) is 9.21. The first-order valence-corrected chi connectivity index (χ1v) is 5.89. The van der Waals surface area contributed by atoms with Gasteiger partial charge in [-0.05, 0) is 25.1 Å². The van der Waals surface area contributed by atoms with E-state index in [1.165, 1.54) is 16.6 Å². The topological polar surface area (TPSA) is 31.1 Å². The maximum Gasteiger partial charge on any atom is 0.0474 e. The number of anilines is 1. The summed E-state index contributed by atoms with van der Waals surface area (Å²) in [7, 11) is 0. The van der Waals surface area contributed by atoms with Gasteiger partial charge in [-0.2, -0.15) is 0 Å². The molecule has 2 N–H and O–H groups in total. The molecule has 0 aliphatic carbocycles. The molecule has 1 aliphatic rings. The molecule has 1 fully saturated rings. The lowest BCUT2D eigenvalue weighted by Gasteiger charge is -2.34. The zero-order chi connectivity index (χ0) is 11.0. The molecule has 1 atom stereocenters. The summed E-state index contributed by atoms with van der Waals surface area (Å²) in [6.45, 7) is 5.49. The zero-order valence-corrected chi connectivity index (χ0v) is 9.53. The molecule has 1 unspecified atom stereocenters. The third kappa shape index (κ3) is 1.57. The van der Waals surface area contributed by atoms with Gasteiger partial charge in [-0.3, -0.25) is 0 Å². The molecule has 1 aromatic carbocycles. The highest BCUT2D eigenvalue weighted by Gasteiger charge is 2.17. The molecule has 3 heteroatoms. The number of benzene rings is 1. The van der Waals surface area contributed by atoms with Crippen molar-refractivity contribution in [3.63, 3.8) is 0 Å². The average Bonchev–Trinajstić information content (AvgIpc) is 2.76. The van der Waals surface area contributed by atoms with Gasteiger partial charge in [0.05, 0.1) is 0 Å². The second-order valence-electron chi connectivity index (χ2n) is 4.52. The predicted molar refractivity (Wildman–Crippen MR) is 68.0 cm³/mol. The van der Waals surface area contributed by atoms with Gasteiger partial charge in [-0.1, -0.05) is 6.07 Å². The first kappa shape index (κ1) is 9.73. The van der Waals surface area contributed by atoms with E-state index in [9.17, 15) is 0 Å². The van der Waals surface area contributed by atoms with Crippen molar-refractivity contribution in [2.24, 2.45) is 0 Å². The second-order valence-corrected chi connectivity index (χ2v) is 4.52. The van der Waals surface area contributed by atoms with E-state index in [0.29, 0.717) is 6.04 Å². The van der Waals surface area contributed by atoms with Crippen LogP contribution in [0, 0.1) is 0 Å². The summed E-state index contributed by atoms with van der Waals surface area (Å²) >= 11 is 0. The van der Waals surface area contributed by atoms with Crippen LogP contribution in [0.5, 0.6) is 0 Å². The zero-order valence-electron chi connectivity index (χ0n) is 9.53. The normalized spacial score (nSPS) is 21.6. The SMILES string of the molecule is CC1CN(c2cccc3[nH]ccc23)CCN1. The minimum atomic E-state index is 0.572. The summed E-state index contributed by atoms with van der Waals surface area (Å²) < 4.78 is 0. The van der Waals surface area contributed by atoms with E-state index in [2.05, 4.69) is 46.4 Å². The summed E-state index contributed by atoms with van der Waals surface area (Å²) in [5, 5.41) is 4.80. The largest absolute Gasteiger partial charge is 0.368 e. The molecule has 0 spiro atoms. The van der Waals surface area contributed by atoms with Crippen molar-refractivity contribution in [2.45, 2.75) is 13.0 Å². The monoisotopic (exact) mass is 215 g/mol. The lowest BCUT2D eigenvalue weighted by atomic mass is 10.1. The van der Waals surface area contributed by atoms with Crippen molar-refractivity contribution in [3.05, 3.63) is 30.5 Å². The fourth-order valence-electron chi connectivity index (χ4n) is 2.50. The molecule has 0 saturated carbocycles. The van der Waals surface area contributed by atoms with Crippen LogP contribution in [0.1, 0.15) is 6.92 Å². The number of piperazine rings is 1. The molecule has 16 heavy (non-hydrogen) atoms. The standard InChI is InChI=1S/C13H17N3/c1-10-9-16(8-7-14-10)13-4-2-3-12-11(13)5-6-15-12/h2-6,10,14-15H,7-9H2,1H3. The van der Waals surface area contributed by atoms with E-state index in [4.69, 9.17) is 0 Å². The molecule has 0 bridgehead atoms. The Labute approximate surface area is 95.5 Å². The number of nitrogens with one attached hydrogen (secondary N) is 2. The van der Waals surface area contributed by atoms with E-state index in [0.717, 1.165) is 19.6 Å². The van der Waals surface area contributed by atoms with Crippen LogP contribution in [-0.4, -0.2) is 30.7 Å². The highest BCUT2D eigenvalue weighted by Crippen LogP contribution is 2.26. The van der Waals surface area contributed by atoms with Gasteiger partial charge < -0.3 is 15.2 Å². The smallest absolute Gasteiger partial charge is 0.0474 e. The summed E-state index contributed by atoms with van der Waals surface area (Å²) in [4.78, 5) is 5.74. The van der Waals surface area contributed by atoms with E-state index < -0.39 is 0 Å². The Hall–Kier alpha value is -1.48. The minimum absolute atomic E-state index is 0.572. The van der Waals surface area contributed by atoms with Crippen LogP contribution in [0.25, 0.3) is 10.9 Å². The van der Waals surface area contributed by atoms with Crippen LogP contribution in [0.15, 0.2) is 30.5 Å². The van der Waals surface area contributed by atoms with Crippen molar-refractivity contribution in [1.29, 1.82) is 0 Å². The molecular formula is C13H17N3. The number of nitrogens with zero attached hydrogens (tertiary/aromatic N) is 1. The molecule has 0 amide bonds. The molecule has 0 radical (unpaired) electrons. The molecule has 84 valence electrons. The maximum atomic E-state index is 3.47. The number of fused-ring (bicyclic) bond motifs is 1. The van der Waals surface area contributed by atoms with Gasteiger partial charge in [0.15, 0.2) is 0 Å². The Kier molecular flexibility index (Phi) is 2.33. The van der Waals surface area contributed by atoms with E-state index in [1.54, 1.807) is 0 Å². The Morgan fingerprint density at radius 3 is 3.12 bits per heavy atom. The number of aromatic nitrogens is 1. The lowest BCUT2D eigenvalue weighted by molar-refractivity contribution is 0.485. The van der Waals surface area contributed by atoms with E-state index in [-0.39, 0.29) is 0 Å². The van der Waals surface area contributed by atoms with Crippen LogP contribution >= 0.6 is 0 Å². The molecule has 1 aromatic heterocycles. The first-order chi connectivity index (χ1) is 7.84. The van der Waals surface area contributed by atoms with E-state index >= 15 is 0 Å². The van der Waals surface area contributed by atoms with Crippen molar-refractivity contribution < 1.29 is 0 Å². The molecule has 1 aliphatic heterocycles. The van der Waals surface area contributed by atoms with Crippen molar-refractivity contribution in [3.8, 4) is 0 Å². The average molecular weight is 215 g/mol. The molecule has 1 saturated heterocycles. The predicted octanol–water partition coefficient (Wildman–Crippen LogP) is 1.97. The van der Waals surface area contributed by atoms with Crippen molar-refractivity contribution >= 4 is 16.6 Å². The fourth-order valence-corrected chi connectivity index (χ4v) is 2.50. The summed E-state index contributed by atoms with van der Waals surface area (Å²) in [5.41, 5.74) is 2.58. The highest BCUT2D eigenvalue weighted by molar-refractivity contribution is 5.92. The quantitative estimate of drug-likeness (QED) is 0.762. The molecular weight excluding hydrogens is 198 g/mol. The number of hydrogen-bond acceptors (Lipinski definition) is 2. The Balaban J connectivity index is 2.01. The van der Waals surface area contributed by atoms with Crippen LogP contribution in [0.4, 0.5) is 5.69 Å². The fraction of sp³-hybridized carbons (Fsp3) is 0.385. The summed E-state index contributed by atoms with van der Waals surface area (Å²) in [5.74, 6) is 0. The third-order valence-corrected chi connectivity index (χ3v) is 3.28. The van der Waals surface area contributed by atoms with Crippen LogP contribution in [0.2, 0.25) is 0 Å². The number of H-pyrrole nitrogens is 1. The van der Waals surface area contributed by atoms with Gasteiger partial charge in [-0.15, -0.1) is 0 Å². The van der Waals surface area contributed by atoms with Crippen molar-refractivity contribution in [1.82, 2.24) is 10.3 Å². The van der Waals surface area contributed by atoms with Gasteiger partial charge in [0.25, 0.3) is 0 Å². The summed E-state index contributed by atoms with van der Waals surface area (Å²) in [6.07, 6.45) is 2.01.